The van der Waals surface area contributed by atoms with Gasteiger partial charge in [0.05, 0.1) is 5.60 Å². The standard InChI is InChI=1S/C9H17NO/c1-8(10)5-6-11-9(7-8)3-2-4-9/h2-7,10H2,1H3/t8-/m0/s1. The summed E-state index contributed by atoms with van der Waals surface area (Å²) in [6, 6.07) is 0. The molecule has 1 saturated heterocycles. The van der Waals surface area contributed by atoms with Gasteiger partial charge in [0, 0.05) is 12.1 Å². The highest BCUT2D eigenvalue weighted by Gasteiger charge is 2.45. The van der Waals surface area contributed by atoms with Crippen molar-refractivity contribution in [3.05, 3.63) is 0 Å². The maximum Gasteiger partial charge on any atom is 0.0700 e. The van der Waals surface area contributed by atoms with E-state index in [2.05, 4.69) is 6.92 Å². The molecule has 1 aliphatic heterocycles. The van der Waals surface area contributed by atoms with E-state index in [0.29, 0.717) is 0 Å². The van der Waals surface area contributed by atoms with Crippen LogP contribution in [-0.4, -0.2) is 17.7 Å². The second-order valence-corrected chi connectivity index (χ2v) is 4.47. The first kappa shape index (κ1) is 7.56. The fourth-order valence-electron chi connectivity index (χ4n) is 2.27. The second kappa shape index (κ2) is 2.20. The molecule has 0 aromatic rings. The van der Waals surface area contributed by atoms with E-state index in [4.69, 9.17) is 10.5 Å². The van der Waals surface area contributed by atoms with Crippen LogP contribution in [0.25, 0.3) is 0 Å². The van der Waals surface area contributed by atoms with E-state index in [-0.39, 0.29) is 11.1 Å². The zero-order chi connectivity index (χ0) is 7.95. The van der Waals surface area contributed by atoms with Crippen LogP contribution in [0.15, 0.2) is 0 Å². The molecule has 2 N–H and O–H groups in total. The molecule has 64 valence electrons. The van der Waals surface area contributed by atoms with Crippen LogP contribution in [0.1, 0.15) is 39.0 Å². The molecular formula is C9H17NO. The molecule has 0 radical (unpaired) electrons. The van der Waals surface area contributed by atoms with Gasteiger partial charge in [-0.05, 0) is 39.0 Å². The molecule has 1 atom stereocenters. The minimum absolute atomic E-state index is 0.0403. The minimum atomic E-state index is 0.0403. The van der Waals surface area contributed by atoms with Gasteiger partial charge in [0.25, 0.3) is 0 Å². The molecule has 0 aromatic carbocycles. The number of ether oxygens (including phenoxy) is 1. The molecule has 0 amide bonds. The molecule has 11 heavy (non-hydrogen) atoms. The van der Waals surface area contributed by atoms with E-state index in [1.54, 1.807) is 0 Å². The van der Waals surface area contributed by atoms with Gasteiger partial charge in [-0.2, -0.15) is 0 Å². The molecule has 1 saturated carbocycles. The van der Waals surface area contributed by atoms with Crippen molar-refractivity contribution in [2.45, 2.75) is 50.2 Å². The Morgan fingerprint density at radius 3 is 2.36 bits per heavy atom. The summed E-state index contributed by atoms with van der Waals surface area (Å²) >= 11 is 0. The first-order chi connectivity index (χ1) is 5.12. The van der Waals surface area contributed by atoms with E-state index in [0.717, 1.165) is 19.4 Å². The number of hydrogen-bond acceptors (Lipinski definition) is 2. The molecule has 2 fully saturated rings. The maximum atomic E-state index is 6.08. The largest absolute Gasteiger partial charge is 0.375 e. The average molecular weight is 155 g/mol. The fourth-order valence-corrected chi connectivity index (χ4v) is 2.27. The third-order valence-electron chi connectivity index (χ3n) is 3.07. The highest BCUT2D eigenvalue weighted by atomic mass is 16.5. The van der Waals surface area contributed by atoms with Gasteiger partial charge in [-0.15, -0.1) is 0 Å². The molecule has 0 unspecified atom stereocenters. The SMILES string of the molecule is C[C@]1(N)CCOC2(CCC2)C1. The van der Waals surface area contributed by atoms with Gasteiger partial charge in [-0.25, -0.2) is 0 Å². The molecule has 1 aliphatic carbocycles. The van der Waals surface area contributed by atoms with Crippen LogP contribution in [0, 0.1) is 0 Å². The Bertz CT molecular complexity index is 161. The summed E-state index contributed by atoms with van der Waals surface area (Å²) in [5.74, 6) is 0. The lowest BCUT2D eigenvalue weighted by Gasteiger charge is -2.50. The lowest BCUT2D eigenvalue weighted by molar-refractivity contribution is -0.145. The van der Waals surface area contributed by atoms with Crippen molar-refractivity contribution in [3.63, 3.8) is 0 Å². The minimum Gasteiger partial charge on any atom is -0.375 e. The van der Waals surface area contributed by atoms with Crippen molar-refractivity contribution in [2.24, 2.45) is 5.73 Å². The molecule has 1 heterocycles. The summed E-state index contributed by atoms with van der Waals surface area (Å²) in [5.41, 5.74) is 6.33. The van der Waals surface area contributed by atoms with Crippen molar-refractivity contribution in [1.82, 2.24) is 0 Å². The van der Waals surface area contributed by atoms with E-state index in [9.17, 15) is 0 Å². The molecule has 2 heteroatoms. The third kappa shape index (κ3) is 1.30. The van der Waals surface area contributed by atoms with E-state index in [1.807, 2.05) is 0 Å². The quantitative estimate of drug-likeness (QED) is 0.574. The molecule has 0 aromatic heterocycles. The first-order valence-electron chi connectivity index (χ1n) is 4.55. The van der Waals surface area contributed by atoms with Gasteiger partial charge in [0.1, 0.15) is 0 Å². The monoisotopic (exact) mass is 155 g/mol. The molecule has 1 spiro atoms. The fraction of sp³-hybridized carbons (Fsp3) is 1.00. The maximum absolute atomic E-state index is 6.08. The summed E-state index contributed by atoms with van der Waals surface area (Å²) in [5, 5.41) is 0. The molecule has 2 rings (SSSR count). The van der Waals surface area contributed by atoms with Gasteiger partial charge in [-0.1, -0.05) is 0 Å². The number of nitrogens with two attached hydrogens (primary N) is 1. The Morgan fingerprint density at radius 1 is 1.27 bits per heavy atom. The third-order valence-corrected chi connectivity index (χ3v) is 3.07. The van der Waals surface area contributed by atoms with Crippen LogP contribution >= 0.6 is 0 Å². The zero-order valence-electron chi connectivity index (χ0n) is 7.23. The van der Waals surface area contributed by atoms with E-state index in [1.165, 1.54) is 19.3 Å². The molecular weight excluding hydrogens is 138 g/mol. The summed E-state index contributed by atoms with van der Waals surface area (Å²) in [6.07, 6.45) is 5.89. The normalized spacial score (nSPS) is 42.0. The lowest BCUT2D eigenvalue weighted by Crippen LogP contribution is -2.55. The van der Waals surface area contributed by atoms with Crippen LogP contribution in [0.3, 0.4) is 0 Å². The highest BCUT2D eigenvalue weighted by Crippen LogP contribution is 2.44. The van der Waals surface area contributed by atoms with Crippen molar-refractivity contribution in [2.75, 3.05) is 6.61 Å². The van der Waals surface area contributed by atoms with Crippen LogP contribution in [0.2, 0.25) is 0 Å². The zero-order valence-corrected chi connectivity index (χ0v) is 7.23. The van der Waals surface area contributed by atoms with Crippen LogP contribution in [0.5, 0.6) is 0 Å². The first-order valence-corrected chi connectivity index (χ1v) is 4.55. The van der Waals surface area contributed by atoms with Crippen molar-refractivity contribution >= 4 is 0 Å². The van der Waals surface area contributed by atoms with E-state index < -0.39 is 0 Å². The predicted octanol–water partition coefficient (Wildman–Crippen LogP) is 1.44. The number of rotatable bonds is 0. The topological polar surface area (TPSA) is 35.2 Å². The number of hydrogen-bond donors (Lipinski definition) is 1. The predicted molar refractivity (Wildman–Crippen MR) is 44.4 cm³/mol. The molecule has 0 bridgehead atoms. The van der Waals surface area contributed by atoms with Crippen LogP contribution in [-0.2, 0) is 4.74 Å². The van der Waals surface area contributed by atoms with Gasteiger partial charge in [-0.3, -0.25) is 0 Å². The average Bonchev–Trinajstić information content (AvgIpc) is 1.82. The smallest absolute Gasteiger partial charge is 0.0700 e. The molecule has 2 aliphatic rings. The van der Waals surface area contributed by atoms with E-state index >= 15 is 0 Å². The van der Waals surface area contributed by atoms with Crippen LogP contribution in [0.4, 0.5) is 0 Å². The van der Waals surface area contributed by atoms with Crippen molar-refractivity contribution in [1.29, 1.82) is 0 Å². The molecule has 2 nitrogen and oxygen atoms in total. The van der Waals surface area contributed by atoms with Crippen molar-refractivity contribution in [3.8, 4) is 0 Å². The lowest BCUT2D eigenvalue weighted by atomic mass is 9.70. The Kier molecular flexibility index (Phi) is 1.52. The summed E-state index contributed by atoms with van der Waals surface area (Å²) < 4.78 is 5.76. The van der Waals surface area contributed by atoms with Gasteiger partial charge in [0.2, 0.25) is 0 Å². The summed E-state index contributed by atoms with van der Waals surface area (Å²) in [6.45, 7) is 3.02. The summed E-state index contributed by atoms with van der Waals surface area (Å²) in [4.78, 5) is 0. The van der Waals surface area contributed by atoms with Gasteiger partial charge >= 0.3 is 0 Å². The summed E-state index contributed by atoms with van der Waals surface area (Å²) in [7, 11) is 0. The Balaban J connectivity index is 2.03. The Hall–Kier alpha value is -0.0800. The Morgan fingerprint density at radius 2 is 2.00 bits per heavy atom. The highest BCUT2D eigenvalue weighted by molar-refractivity contribution is 5.00. The van der Waals surface area contributed by atoms with Gasteiger partial charge in [0.15, 0.2) is 0 Å². The van der Waals surface area contributed by atoms with Crippen molar-refractivity contribution < 1.29 is 4.74 Å². The second-order valence-electron chi connectivity index (χ2n) is 4.47. The van der Waals surface area contributed by atoms with Gasteiger partial charge < -0.3 is 10.5 Å². The van der Waals surface area contributed by atoms with Crippen LogP contribution < -0.4 is 5.73 Å². The Labute approximate surface area is 68.1 Å².